The van der Waals surface area contributed by atoms with Crippen molar-refractivity contribution in [3.05, 3.63) is 0 Å². The molecule has 0 fully saturated rings. The van der Waals surface area contributed by atoms with Crippen LogP contribution < -0.4 is 0 Å². The lowest BCUT2D eigenvalue weighted by atomic mass is 10.4. The second-order valence-corrected chi connectivity index (χ2v) is 2.60. The number of hydrogen-bond acceptors (Lipinski definition) is 4. The highest BCUT2D eigenvalue weighted by molar-refractivity contribution is 7.95. The van der Waals surface area contributed by atoms with E-state index in [0.29, 0.717) is 0 Å². The summed E-state index contributed by atoms with van der Waals surface area (Å²) in [5, 5.41) is 8.20. The topological polar surface area (TPSA) is 46.5 Å². The maximum atomic E-state index is 10.3. The van der Waals surface area contributed by atoms with Crippen LogP contribution in [0.3, 0.4) is 0 Å². The SMILES string of the molecule is CCCCSOC(=O)CO. The fourth-order valence-electron chi connectivity index (χ4n) is 0.337. The van der Waals surface area contributed by atoms with Gasteiger partial charge in [0.25, 0.3) is 0 Å². The summed E-state index contributed by atoms with van der Waals surface area (Å²) in [5.74, 6) is 0.239. The van der Waals surface area contributed by atoms with Gasteiger partial charge in [-0.15, -0.1) is 0 Å². The van der Waals surface area contributed by atoms with E-state index in [1.54, 1.807) is 0 Å². The van der Waals surface area contributed by atoms with Crippen LogP contribution in [0.25, 0.3) is 0 Å². The Morgan fingerprint density at radius 2 is 2.40 bits per heavy atom. The molecular weight excluding hydrogens is 152 g/mol. The van der Waals surface area contributed by atoms with E-state index in [1.165, 1.54) is 0 Å². The molecule has 0 rings (SSSR count). The Hall–Kier alpha value is -0.220. The molecule has 0 bridgehead atoms. The van der Waals surface area contributed by atoms with E-state index in [0.717, 1.165) is 30.6 Å². The van der Waals surface area contributed by atoms with Crippen molar-refractivity contribution in [3.8, 4) is 0 Å². The third-order valence-electron chi connectivity index (χ3n) is 0.862. The molecule has 0 atom stereocenters. The number of unbranched alkanes of at least 4 members (excludes halogenated alkanes) is 1. The Morgan fingerprint density at radius 3 is 2.90 bits per heavy atom. The summed E-state index contributed by atoms with van der Waals surface area (Å²) in [7, 11) is 0. The van der Waals surface area contributed by atoms with Gasteiger partial charge in [0, 0.05) is 5.75 Å². The van der Waals surface area contributed by atoms with Crippen molar-refractivity contribution < 1.29 is 14.1 Å². The molecule has 3 nitrogen and oxygen atoms in total. The van der Waals surface area contributed by atoms with Gasteiger partial charge in [-0.1, -0.05) is 13.3 Å². The lowest BCUT2D eigenvalue weighted by Gasteiger charge is -1.97. The largest absolute Gasteiger partial charge is 0.390 e. The first kappa shape index (κ1) is 9.78. The summed E-state index contributed by atoms with van der Waals surface area (Å²) >= 11 is 1.10. The first-order valence-electron chi connectivity index (χ1n) is 3.24. The zero-order valence-electron chi connectivity index (χ0n) is 6.00. The quantitative estimate of drug-likeness (QED) is 0.486. The Morgan fingerprint density at radius 1 is 1.70 bits per heavy atom. The zero-order valence-corrected chi connectivity index (χ0v) is 6.82. The number of carbonyl (C=O) groups is 1. The van der Waals surface area contributed by atoms with E-state index >= 15 is 0 Å². The summed E-state index contributed by atoms with van der Waals surface area (Å²) < 4.78 is 4.52. The van der Waals surface area contributed by atoms with E-state index < -0.39 is 12.6 Å². The molecule has 0 aliphatic heterocycles. The molecule has 4 heteroatoms. The first-order valence-corrected chi connectivity index (χ1v) is 4.15. The second kappa shape index (κ2) is 6.89. The summed E-state index contributed by atoms with van der Waals surface area (Å²) in [6.45, 7) is 1.54. The molecule has 0 aromatic rings. The Kier molecular flexibility index (Phi) is 6.74. The molecule has 0 aliphatic carbocycles. The van der Waals surface area contributed by atoms with Gasteiger partial charge in [-0.25, -0.2) is 4.79 Å². The molecular formula is C6H12O3S. The smallest absolute Gasteiger partial charge is 0.343 e. The summed E-state index contributed by atoms with van der Waals surface area (Å²) in [6.07, 6.45) is 2.12. The van der Waals surface area contributed by atoms with Gasteiger partial charge in [0.05, 0.1) is 12.0 Å². The zero-order chi connectivity index (χ0) is 7.82. The minimum absolute atomic E-state index is 0.529. The van der Waals surface area contributed by atoms with Crippen LogP contribution in [0.15, 0.2) is 0 Å². The Bertz CT molecular complexity index is 95.0. The van der Waals surface area contributed by atoms with Crippen LogP contribution in [0.1, 0.15) is 19.8 Å². The van der Waals surface area contributed by atoms with E-state index in [1.807, 2.05) is 0 Å². The summed E-state index contributed by atoms with van der Waals surface area (Å²) in [4.78, 5) is 10.3. The maximum absolute atomic E-state index is 10.3. The molecule has 0 aromatic heterocycles. The minimum Gasteiger partial charge on any atom is -0.390 e. The number of rotatable bonds is 5. The van der Waals surface area contributed by atoms with Gasteiger partial charge >= 0.3 is 5.97 Å². The molecule has 0 heterocycles. The van der Waals surface area contributed by atoms with E-state index in [-0.39, 0.29) is 0 Å². The van der Waals surface area contributed by atoms with Crippen LogP contribution >= 0.6 is 12.0 Å². The Balaban J connectivity index is 2.96. The number of carbonyl (C=O) groups excluding carboxylic acids is 1. The van der Waals surface area contributed by atoms with Gasteiger partial charge in [-0.3, -0.25) is 0 Å². The lowest BCUT2D eigenvalue weighted by molar-refractivity contribution is -0.136. The third kappa shape index (κ3) is 5.91. The molecule has 0 spiro atoms. The van der Waals surface area contributed by atoms with Crippen molar-refractivity contribution in [3.63, 3.8) is 0 Å². The lowest BCUT2D eigenvalue weighted by Crippen LogP contribution is -2.04. The monoisotopic (exact) mass is 164 g/mol. The molecule has 1 N–H and O–H groups in total. The van der Waals surface area contributed by atoms with Crippen LogP contribution in [-0.4, -0.2) is 23.4 Å². The molecule has 60 valence electrons. The molecule has 0 saturated carbocycles. The van der Waals surface area contributed by atoms with Crippen LogP contribution in [0, 0.1) is 0 Å². The molecule has 0 aliphatic rings. The molecule has 0 radical (unpaired) electrons. The van der Waals surface area contributed by atoms with Gasteiger partial charge in [-0.2, -0.15) is 0 Å². The van der Waals surface area contributed by atoms with Crippen LogP contribution in [-0.2, 0) is 8.98 Å². The highest BCUT2D eigenvalue weighted by atomic mass is 32.2. The van der Waals surface area contributed by atoms with Gasteiger partial charge in [0.15, 0.2) is 0 Å². The fraction of sp³-hybridized carbons (Fsp3) is 0.833. The van der Waals surface area contributed by atoms with Crippen molar-refractivity contribution >= 4 is 18.0 Å². The van der Waals surface area contributed by atoms with Gasteiger partial charge < -0.3 is 9.29 Å². The minimum atomic E-state index is -0.568. The van der Waals surface area contributed by atoms with Crippen LogP contribution in [0.2, 0.25) is 0 Å². The predicted molar refractivity (Wildman–Crippen MR) is 40.5 cm³/mol. The number of aliphatic hydroxyl groups excluding tert-OH is 1. The maximum Gasteiger partial charge on any atom is 0.343 e. The normalized spacial score (nSPS) is 9.40. The molecule has 0 amide bonds. The van der Waals surface area contributed by atoms with Crippen molar-refractivity contribution in [2.45, 2.75) is 19.8 Å². The van der Waals surface area contributed by atoms with Crippen LogP contribution in [0.4, 0.5) is 0 Å². The third-order valence-corrected chi connectivity index (χ3v) is 1.62. The van der Waals surface area contributed by atoms with E-state index in [9.17, 15) is 4.79 Å². The molecule has 0 unspecified atom stereocenters. The Labute approximate surface area is 65.0 Å². The van der Waals surface area contributed by atoms with Gasteiger partial charge in [-0.05, 0) is 6.42 Å². The van der Waals surface area contributed by atoms with Gasteiger partial charge in [0.2, 0.25) is 0 Å². The highest BCUT2D eigenvalue weighted by Crippen LogP contribution is 2.05. The van der Waals surface area contributed by atoms with Crippen LogP contribution in [0.5, 0.6) is 0 Å². The highest BCUT2D eigenvalue weighted by Gasteiger charge is 1.98. The standard InChI is InChI=1S/C6H12O3S/c1-2-3-4-10-9-6(8)5-7/h7H,2-5H2,1H3. The fourth-order valence-corrected chi connectivity index (χ4v) is 1.01. The average molecular weight is 164 g/mol. The molecule has 0 aromatic carbocycles. The summed E-state index contributed by atoms with van der Waals surface area (Å²) in [6, 6.07) is 0. The molecule has 10 heavy (non-hydrogen) atoms. The first-order chi connectivity index (χ1) is 4.81. The number of aliphatic hydroxyl groups is 1. The van der Waals surface area contributed by atoms with E-state index in [4.69, 9.17) is 5.11 Å². The molecule has 0 saturated heterocycles. The van der Waals surface area contributed by atoms with Crippen molar-refractivity contribution in [2.75, 3.05) is 12.4 Å². The predicted octanol–water partition coefficient (Wildman–Crippen LogP) is 0.970. The van der Waals surface area contributed by atoms with Crippen molar-refractivity contribution in [2.24, 2.45) is 0 Å². The summed E-state index contributed by atoms with van der Waals surface area (Å²) in [5.41, 5.74) is 0. The van der Waals surface area contributed by atoms with Crippen molar-refractivity contribution in [1.29, 1.82) is 0 Å². The van der Waals surface area contributed by atoms with E-state index in [2.05, 4.69) is 11.1 Å². The second-order valence-electron chi connectivity index (χ2n) is 1.79. The van der Waals surface area contributed by atoms with Gasteiger partial charge in [0.1, 0.15) is 6.61 Å². The number of hydrogen-bond donors (Lipinski definition) is 1. The average Bonchev–Trinajstić information content (AvgIpc) is 1.98. The van der Waals surface area contributed by atoms with Crippen molar-refractivity contribution in [1.82, 2.24) is 0 Å².